The predicted octanol–water partition coefficient (Wildman–Crippen LogP) is 3.08. The standard InChI is InChI=1S/C12H9BrO3/c1-15-10-5-3-2-4-9(10)11-6-8(13)7-12(14)16-11/h2-7H,1H3. The highest BCUT2D eigenvalue weighted by molar-refractivity contribution is 9.10. The summed E-state index contributed by atoms with van der Waals surface area (Å²) in [6, 6.07) is 10.5. The monoisotopic (exact) mass is 280 g/mol. The van der Waals surface area contributed by atoms with Gasteiger partial charge in [-0.05, 0) is 18.2 Å². The molecule has 1 aromatic heterocycles. The average molecular weight is 281 g/mol. The van der Waals surface area contributed by atoms with Gasteiger partial charge in [-0.2, -0.15) is 0 Å². The molecular formula is C12H9BrO3. The molecule has 0 aliphatic heterocycles. The van der Waals surface area contributed by atoms with E-state index in [1.165, 1.54) is 6.07 Å². The van der Waals surface area contributed by atoms with Gasteiger partial charge in [0.05, 0.1) is 12.7 Å². The molecule has 0 saturated carbocycles. The van der Waals surface area contributed by atoms with E-state index in [1.54, 1.807) is 13.2 Å². The average Bonchev–Trinajstić information content (AvgIpc) is 2.27. The van der Waals surface area contributed by atoms with E-state index in [0.29, 0.717) is 16.0 Å². The maximum Gasteiger partial charge on any atom is 0.337 e. The minimum Gasteiger partial charge on any atom is -0.496 e. The van der Waals surface area contributed by atoms with Crippen molar-refractivity contribution in [2.45, 2.75) is 0 Å². The Morgan fingerprint density at radius 1 is 1.25 bits per heavy atom. The molecule has 0 saturated heterocycles. The summed E-state index contributed by atoms with van der Waals surface area (Å²) in [5.41, 5.74) is 0.360. The summed E-state index contributed by atoms with van der Waals surface area (Å²) in [7, 11) is 1.58. The van der Waals surface area contributed by atoms with E-state index in [0.717, 1.165) is 5.56 Å². The summed E-state index contributed by atoms with van der Waals surface area (Å²) in [6.07, 6.45) is 0. The molecule has 1 heterocycles. The predicted molar refractivity (Wildman–Crippen MR) is 64.7 cm³/mol. The fourth-order valence-electron chi connectivity index (χ4n) is 1.43. The van der Waals surface area contributed by atoms with Crippen LogP contribution in [0.25, 0.3) is 11.3 Å². The van der Waals surface area contributed by atoms with Crippen LogP contribution in [-0.4, -0.2) is 7.11 Å². The molecule has 82 valence electrons. The summed E-state index contributed by atoms with van der Waals surface area (Å²) < 4.78 is 11.0. The fraction of sp³-hybridized carbons (Fsp3) is 0.0833. The first-order chi connectivity index (χ1) is 7.70. The molecule has 0 atom stereocenters. The lowest BCUT2D eigenvalue weighted by atomic mass is 10.1. The smallest absolute Gasteiger partial charge is 0.337 e. The Morgan fingerprint density at radius 3 is 2.69 bits per heavy atom. The van der Waals surface area contributed by atoms with Crippen molar-refractivity contribution >= 4 is 15.9 Å². The van der Waals surface area contributed by atoms with Crippen LogP contribution in [0.4, 0.5) is 0 Å². The molecule has 2 aromatic rings. The molecule has 0 unspecified atom stereocenters. The molecule has 0 radical (unpaired) electrons. The third-order valence-corrected chi connectivity index (χ3v) is 2.57. The third kappa shape index (κ3) is 2.17. The van der Waals surface area contributed by atoms with E-state index in [9.17, 15) is 4.79 Å². The van der Waals surface area contributed by atoms with Crippen molar-refractivity contribution in [3.05, 3.63) is 51.3 Å². The lowest BCUT2D eigenvalue weighted by molar-refractivity contribution is 0.413. The Kier molecular flexibility index (Phi) is 3.10. The Morgan fingerprint density at radius 2 is 2.00 bits per heavy atom. The Labute approximate surface area is 101 Å². The van der Waals surface area contributed by atoms with Crippen molar-refractivity contribution in [2.75, 3.05) is 7.11 Å². The zero-order valence-electron chi connectivity index (χ0n) is 8.57. The summed E-state index contributed by atoms with van der Waals surface area (Å²) in [5.74, 6) is 1.15. The number of methoxy groups -OCH3 is 1. The van der Waals surface area contributed by atoms with Crippen LogP contribution in [0.2, 0.25) is 0 Å². The van der Waals surface area contributed by atoms with Crippen molar-refractivity contribution in [1.29, 1.82) is 0 Å². The van der Waals surface area contributed by atoms with Gasteiger partial charge in [0.2, 0.25) is 0 Å². The summed E-state index contributed by atoms with van der Waals surface area (Å²) >= 11 is 3.26. The van der Waals surface area contributed by atoms with Crippen LogP contribution in [0.1, 0.15) is 0 Å². The molecule has 0 spiro atoms. The van der Waals surface area contributed by atoms with Gasteiger partial charge < -0.3 is 9.15 Å². The quantitative estimate of drug-likeness (QED) is 0.849. The van der Waals surface area contributed by atoms with E-state index in [4.69, 9.17) is 9.15 Å². The van der Waals surface area contributed by atoms with Crippen LogP contribution in [0.3, 0.4) is 0 Å². The fourth-order valence-corrected chi connectivity index (χ4v) is 1.82. The largest absolute Gasteiger partial charge is 0.496 e. The normalized spacial score (nSPS) is 10.1. The van der Waals surface area contributed by atoms with E-state index < -0.39 is 5.63 Å². The van der Waals surface area contributed by atoms with Crippen molar-refractivity contribution in [1.82, 2.24) is 0 Å². The highest BCUT2D eigenvalue weighted by Gasteiger charge is 2.08. The molecule has 0 fully saturated rings. The van der Waals surface area contributed by atoms with Crippen molar-refractivity contribution < 1.29 is 9.15 Å². The Balaban J connectivity index is 2.62. The van der Waals surface area contributed by atoms with Gasteiger partial charge in [0, 0.05) is 10.5 Å². The SMILES string of the molecule is COc1ccccc1-c1cc(Br)cc(=O)o1. The Bertz CT molecular complexity index is 560. The summed E-state index contributed by atoms with van der Waals surface area (Å²) in [5, 5.41) is 0. The molecule has 2 rings (SSSR count). The zero-order chi connectivity index (χ0) is 11.5. The molecule has 0 aliphatic rings. The van der Waals surface area contributed by atoms with Gasteiger partial charge in [0.1, 0.15) is 11.5 Å². The van der Waals surface area contributed by atoms with E-state index >= 15 is 0 Å². The highest BCUT2D eigenvalue weighted by atomic mass is 79.9. The van der Waals surface area contributed by atoms with Crippen molar-refractivity contribution in [3.8, 4) is 17.1 Å². The maximum absolute atomic E-state index is 11.2. The minimum atomic E-state index is -0.393. The number of para-hydroxylation sites is 1. The first-order valence-electron chi connectivity index (χ1n) is 4.65. The number of rotatable bonds is 2. The molecule has 0 bridgehead atoms. The molecule has 0 N–H and O–H groups in total. The number of halogens is 1. The molecule has 1 aromatic carbocycles. The molecule has 4 heteroatoms. The molecule has 0 aliphatic carbocycles. The lowest BCUT2D eigenvalue weighted by Gasteiger charge is -2.06. The van der Waals surface area contributed by atoms with Crippen molar-refractivity contribution in [3.63, 3.8) is 0 Å². The lowest BCUT2D eigenvalue weighted by Crippen LogP contribution is -1.97. The van der Waals surface area contributed by atoms with E-state index in [1.807, 2.05) is 24.3 Å². The first-order valence-corrected chi connectivity index (χ1v) is 5.44. The molecule has 3 nitrogen and oxygen atoms in total. The van der Waals surface area contributed by atoms with E-state index in [2.05, 4.69) is 15.9 Å². The molecule has 16 heavy (non-hydrogen) atoms. The van der Waals surface area contributed by atoms with Crippen LogP contribution in [0.5, 0.6) is 5.75 Å². The van der Waals surface area contributed by atoms with Crippen LogP contribution in [0.15, 0.2) is 50.1 Å². The number of ether oxygens (including phenoxy) is 1. The van der Waals surface area contributed by atoms with Gasteiger partial charge in [-0.15, -0.1) is 0 Å². The zero-order valence-corrected chi connectivity index (χ0v) is 10.2. The molecular weight excluding hydrogens is 272 g/mol. The number of benzene rings is 1. The molecule has 0 amide bonds. The van der Waals surface area contributed by atoms with E-state index in [-0.39, 0.29) is 0 Å². The van der Waals surface area contributed by atoms with Gasteiger partial charge in [0.15, 0.2) is 0 Å². The summed E-state index contributed by atoms with van der Waals surface area (Å²) in [6.45, 7) is 0. The van der Waals surface area contributed by atoms with Crippen LogP contribution in [-0.2, 0) is 0 Å². The number of hydrogen-bond acceptors (Lipinski definition) is 3. The Hall–Kier alpha value is -1.55. The van der Waals surface area contributed by atoms with Crippen LogP contribution >= 0.6 is 15.9 Å². The van der Waals surface area contributed by atoms with Gasteiger partial charge in [-0.1, -0.05) is 28.1 Å². The third-order valence-electron chi connectivity index (χ3n) is 2.11. The van der Waals surface area contributed by atoms with Gasteiger partial charge in [-0.25, -0.2) is 4.79 Å². The highest BCUT2D eigenvalue weighted by Crippen LogP contribution is 2.29. The second-order valence-corrected chi connectivity index (χ2v) is 4.07. The number of hydrogen-bond donors (Lipinski definition) is 0. The summed E-state index contributed by atoms with van der Waals surface area (Å²) in [4.78, 5) is 11.2. The van der Waals surface area contributed by atoms with Gasteiger partial charge in [-0.3, -0.25) is 0 Å². The van der Waals surface area contributed by atoms with Gasteiger partial charge >= 0.3 is 5.63 Å². The first kappa shape index (κ1) is 11.0. The topological polar surface area (TPSA) is 39.4 Å². The second-order valence-electron chi connectivity index (χ2n) is 3.16. The van der Waals surface area contributed by atoms with Crippen LogP contribution < -0.4 is 10.4 Å². The van der Waals surface area contributed by atoms with Crippen molar-refractivity contribution in [2.24, 2.45) is 0 Å². The van der Waals surface area contributed by atoms with Gasteiger partial charge in [0.25, 0.3) is 0 Å². The minimum absolute atomic E-state index is 0.393. The second kappa shape index (κ2) is 4.53. The van der Waals surface area contributed by atoms with Crippen LogP contribution in [0, 0.1) is 0 Å². The maximum atomic E-state index is 11.2.